The number of hydrogen-bond donors (Lipinski definition) is 2. The zero-order valence-corrected chi connectivity index (χ0v) is 19.2. The van der Waals surface area contributed by atoms with Crippen LogP contribution in [0, 0.1) is 12.8 Å². The molecule has 31 heavy (non-hydrogen) atoms. The molecule has 12 heteroatoms. The van der Waals surface area contributed by atoms with Crippen LogP contribution in [0.1, 0.15) is 25.6 Å². The molecule has 2 heterocycles. The van der Waals surface area contributed by atoms with Gasteiger partial charge in [0.15, 0.2) is 14.9 Å². The summed E-state index contributed by atoms with van der Waals surface area (Å²) in [5.41, 5.74) is 0.0125. The van der Waals surface area contributed by atoms with Crippen LogP contribution in [0.3, 0.4) is 0 Å². The van der Waals surface area contributed by atoms with Crippen LogP contribution in [0.5, 0.6) is 5.75 Å². The molecule has 10 nitrogen and oxygen atoms in total. The number of carbonyl (C=O) groups excluding carboxylic acids is 1. The number of benzene rings is 1. The highest BCUT2D eigenvalue weighted by atomic mass is 32.2. The number of phenols is 1. The molecule has 0 aliphatic carbocycles. The first kappa shape index (κ1) is 23.2. The van der Waals surface area contributed by atoms with Crippen molar-refractivity contribution in [2.45, 2.75) is 36.6 Å². The summed E-state index contributed by atoms with van der Waals surface area (Å²) in [5, 5.41) is 12.6. The van der Waals surface area contributed by atoms with E-state index in [9.17, 15) is 26.7 Å². The van der Waals surface area contributed by atoms with Crippen LogP contribution in [0.15, 0.2) is 34.3 Å². The maximum absolute atomic E-state index is 12.8. The maximum atomic E-state index is 12.8. The van der Waals surface area contributed by atoms with Crippen molar-refractivity contribution in [3.63, 3.8) is 0 Å². The third kappa shape index (κ3) is 4.75. The fraction of sp³-hybridized carbons (Fsp3) is 0.474. The summed E-state index contributed by atoms with van der Waals surface area (Å²) in [6.45, 7) is 3.54. The quantitative estimate of drug-likeness (QED) is 0.606. The zero-order valence-electron chi connectivity index (χ0n) is 17.6. The van der Waals surface area contributed by atoms with Crippen LogP contribution in [0.4, 0.5) is 5.69 Å². The number of sulfone groups is 1. The number of sulfonamides is 1. The van der Waals surface area contributed by atoms with Gasteiger partial charge in [0.2, 0.25) is 5.91 Å². The number of imidazole rings is 1. The highest BCUT2D eigenvalue weighted by Gasteiger charge is 2.33. The highest BCUT2D eigenvalue weighted by Crippen LogP contribution is 2.29. The van der Waals surface area contributed by atoms with Gasteiger partial charge in [0.25, 0.3) is 10.0 Å². The summed E-state index contributed by atoms with van der Waals surface area (Å²) in [6, 6.07) is 3.74. The molecule has 2 N–H and O–H groups in total. The standard InChI is InChI=1S/C19H26N4O6S2/c1-4-30(26,27)15-5-6-17(24)16(11-15)21-19(25)14-7-9-23(10-8-14)31(28,29)18-12-22(3)13(2)20-18/h5-6,11-12,14,24H,4,7-10H2,1-3H3,(H,21,25). The lowest BCUT2D eigenvalue weighted by molar-refractivity contribution is -0.120. The molecule has 1 amide bonds. The highest BCUT2D eigenvalue weighted by molar-refractivity contribution is 7.91. The average Bonchev–Trinajstić information content (AvgIpc) is 3.08. The fourth-order valence-corrected chi connectivity index (χ4v) is 5.75. The van der Waals surface area contributed by atoms with E-state index in [1.54, 1.807) is 18.5 Å². The molecule has 3 rings (SSSR count). The van der Waals surface area contributed by atoms with Crippen molar-refractivity contribution in [2.75, 3.05) is 24.2 Å². The van der Waals surface area contributed by atoms with Crippen molar-refractivity contribution >= 4 is 31.5 Å². The van der Waals surface area contributed by atoms with Gasteiger partial charge in [-0.25, -0.2) is 21.8 Å². The lowest BCUT2D eigenvalue weighted by Gasteiger charge is -2.30. The van der Waals surface area contributed by atoms with Crippen molar-refractivity contribution in [3.8, 4) is 5.75 Å². The molecule has 1 fully saturated rings. The van der Waals surface area contributed by atoms with E-state index in [1.807, 2.05) is 0 Å². The Bertz CT molecular complexity index is 1180. The Morgan fingerprint density at radius 3 is 2.42 bits per heavy atom. The van der Waals surface area contributed by atoms with Crippen LogP contribution in [-0.2, 0) is 31.7 Å². The predicted octanol–water partition coefficient (Wildman–Crippen LogP) is 1.27. The lowest BCUT2D eigenvalue weighted by Crippen LogP contribution is -2.41. The SMILES string of the molecule is CCS(=O)(=O)c1ccc(O)c(NC(=O)C2CCN(S(=O)(=O)c3cn(C)c(C)n3)CC2)c1. The van der Waals surface area contributed by atoms with Crippen molar-refractivity contribution in [1.29, 1.82) is 0 Å². The minimum Gasteiger partial charge on any atom is -0.506 e. The number of hydrogen-bond acceptors (Lipinski definition) is 7. The van der Waals surface area contributed by atoms with E-state index in [2.05, 4.69) is 10.3 Å². The van der Waals surface area contributed by atoms with Gasteiger partial charge in [-0.1, -0.05) is 6.92 Å². The Balaban J connectivity index is 1.68. The van der Waals surface area contributed by atoms with E-state index in [-0.39, 0.29) is 40.2 Å². The molecule has 1 saturated heterocycles. The summed E-state index contributed by atoms with van der Waals surface area (Å²) >= 11 is 0. The number of rotatable bonds is 6. The van der Waals surface area contributed by atoms with E-state index in [1.165, 1.54) is 35.6 Å². The van der Waals surface area contributed by atoms with Gasteiger partial charge in [-0.2, -0.15) is 4.31 Å². The number of aromatic nitrogens is 2. The van der Waals surface area contributed by atoms with Crippen molar-refractivity contribution in [3.05, 3.63) is 30.2 Å². The van der Waals surface area contributed by atoms with E-state index in [0.717, 1.165) is 0 Å². The molecule has 1 aliphatic heterocycles. The normalized spacial score (nSPS) is 16.4. The van der Waals surface area contributed by atoms with Gasteiger partial charge in [0.05, 0.1) is 16.3 Å². The van der Waals surface area contributed by atoms with E-state index < -0.39 is 31.7 Å². The van der Waals surface area contributed by atoms with Gasteiger partial charge >= 0.3 is 0 Å². The third-order valence-electron chi connectivity index (χ3n) is 5.48. The van der Waals surface area contributed by atoms with Crippen LogP contribution >= 0.6 is 0 Å². The minimum atomic E-state index is -3.74. The first-order chi connectivity index (χ1) is 14.5. The van der Waals surface area contributed by atoms with E-state index in [4.69, 9.17) is 0 Å². The van der Waals surface area contributed by atoms with Crippen LogP contribution in [0.25, 0.3) is 0 Å². The maximum Gasteiger partial charge on any atom is 0.262 e. The van der Waals surface area contributed by atoms with Gasteiger partial charge in [0, 0.05) is 32.3 Å². The molecule has 2 aromatic rings. The molecule has 0 radical (unpaired) electrons. The predicted molar refractivity (Wildman–Crippen MR) is 114 cm³/mol. The first-order valence-electron chi connectivity index (χ1n) is 9.82. The van der Waals surface area contributed by atoms with Crippen LogP contribution in [0.2, 0.25) is 0 Å². The molecule has 0 spiro atoms. The number of aromatic hydroxyl groups is 1. The Kier molecular flexibility index (Phi) is 6.44. The van der Waals surface area contributed by atoms with E-state index >= 15 is 0 Å². The first-order valence-corrected chi connectivity index (χ1v) is 12.9. The van der Waals surface area contributed by atoms with Gasteiger partial charge in [-0.3, -0.25) is 4.79 Å². The van der Waals surface area contributed by atoms with Gasteiger partial charge < -0.3 is 15.0 Å². The van der Waals surface area contributed by atoms with Gasteiger partial charge in [-0.05, 0) is 38.0 Å². The molecule has 0 atom stereocenters. The Hall–Kier alpha value is -2.44. The second-order valence-corrected chi connectivity index (χ2v) is 11.7. The summed E-state index contributed by atoms with van der Waals surface area (Å²) in [7, 11) is -5.52. The Morgan fingerprint density at radius 2 is 1.87 bits per heavy atom. The topological polar surface area (TPSA) is 139 Å². The second kappa shape index (κ2) is 8.60. The monoisotopic (exact) mass is 470 g/mol. The molecule has 1 aromatic heterocycles. The summed E-state index contributed by atoms with van der Waals surface area (Å²) in [6.07, 6.45) is 2.05. The van der Waals surface area contributed by atoms with Gasteiger partial charge in [-0.15, -0.1) is 0 Å². The number of piperidine rings is 1. The van der Waals surface area contributed by atoms with Crippen LogP contribution in [-0.4, -0.2) is 60.5 Å². The summed E-state index contributed by atoms with van der Waals surface area (Å²) in [4.78, 5) is 16.8. The van der Waals surface area contributed by atoms with Crippen molar-refractivity contribution in [2.24, 2.45) is 13.0 Å². The van der Waals surface area contributed by atoms with E-state index in [0.29, 0.717) is 18.7 Å². The number of amides is 1. The number of carbonyl (C=O) groups is 1. The van der Waals surface area contributed by atoms with Crippen molar-refractivity contribution < 1.29 is 26.7 Å². The molecule has 170 valence electrons. The third-order valence-corrected chi connectivity index (χ3v) is 8.98. The summed E-state index contributed by atoms with van der Waals surface area (Å²) in [5.74, 6) is -0.628. The zero-order chi connectivity index (χ0) is 23.0. The number of nitrogens with one attached hydrogen (secondary N) is 1. The van der Waals surface area contributed by atoms with Gasteiger partial charge in [0.1, 0.15) is 11.6 Å². The molecule has 1 aromatic carbocycles. The number of phenolic OH excluding ortho intramolecular Hbond substituents is 1. The minimum absolute atomic E-state index is 0.00895. The molecular weight excluding hydrogens is 444 g/mol. The van der Waals surface area contributed by atoms with Crippen molar-refractivity contribution in [1.82, 2.24) is 13.9 Å². The summed E-state index contributed by atoms with van der Waals surface area (Å²) < 4.78 is 52.6. The molecule has 0 unspecified atom stereocenters. The Labute approximate surface area is 181 Å². The smallest absolute Gasteiger partial charge is 0.262 e. The van der Waals surface area contributed by atoms with Crippen LogP contribution < -0.4 is 5.32 Å². The number of nitrogens with zero attached hydrogens (tertiary/aromatic N) is 3. The molecule has 0 bridgehead atoms. The largest absolute Gasteiger partial charge is 0.506 e. The second-order valence-electron chi connectivity index (χ2n) is 7.49. The average molecular weight is 471 g/mol. The molecule has 0 saturated carbocycles. The fourth-order valence-electron chi connectivity index (χ4n) is 3.35. The Morgan fingerprint density at radius 1 is 1.23 bits per heavy atom. The lowest BCUT2D eigenvalue weighted by atomic mass is 9.97. The number of anilines is 1. The molecule has 1 aliphatic rings. The number of aryl methyl sites for hydroxylation is 2. The molecular formula is C19H26N4O6S2.